The molecule has 0 spiro atoms. The highest BCUT2D eigenvalue weighted by molar-refractivity contribution is 5.83. The van der Waals surface area contributed by atoms with Gasteiger partial charge in [0, 0.05) is 17.1 Å². The second kappa shape index (κ2) is 8.85. The predicted octanol–water partition coefficient (Wildman–Crippen LogP) is 5.84. The first kappa shape index (κ1) is 21.4. The predicted molar refractivity (Wildman–Crippen MR) is 120 cm³/mol. The Balaban J connectivity index is 0.000000878. The number of rotatable bonds is 4. The summed E-state index contributed by atoms with van der Waals surface area (Å²) in [7, 11) is 0. The minimum Gasteiger partial charge on any atom is -0.397 e. The van der Waals surface area contributed by atoms with Crippen molar-refractivity contribution in [2.24, 2.45) is 0 Å². The van der Waals surface area contributed by atoms with Crippen LogP contribution in [0.4, 0.5) is 11.4 Å². The number of hydrogen-bond donors (Lipinski definition) is 4. The first-order valence-corrected chi connectivity index (χ1v) is 9.59. The zero-order chi connectivity index (χ0) is 20.9. The van der Waals surface area contributed by atoms with Gasteiger partial charge in [0.05, 0.1) is 11.4 Å². The molecule has 0 amide bonds. The van der Waals surface area contributed by atoms with E-state index < -0.39 is 0 Å². The normalized spacial score (nSPS) is 10.9. The molecule has 0 unspecified atom stereocenters. The average Bonchev–Trinajstić information content (AvgIpc) is 3.09. The van der Waals surface area contributed by atoms with Crippen molar-refractivity contribution < 1.29 is 5.21 Å². The summed E-state index contributed by atoms with van der Waals surface area (Å²) in [6, 6.07) is 13.6. The summed E-state index contributed by atoms with van der Waals surface area (Å²) in [5.41, 5.74) is 13.5. The fourth-order valence-electron chi connectivity index (χ4n) is 2.69. The molecule has 0 bridgehead atoms. The fraction of sp³-hybridized carbons (Fsp3) is 0.304. The molecule has 2 aromatic carbocycles. The molecule has 1 aromatic heterocycles. The molecule has 3 aromatic rings. The van der Waals surface area contributed by atoms with Crippen LogP contribution in [0.5, 0.6) is 0 Å². The monoisotopic (exact) mass is 380 g/mol. The summed E-state index contributed by atoms with van der Waals surface area (Å²) >= 11 is 0. The van der Waals surface area contributed by atoms with E-state index in [4.69, 9.17) is 5.73 Å². The third-order valence-corrected chi connectivity index (χ3v) is 4.27. The zero-order valence-electron chi connectivity index (χ0n) is 17.5. The summed E-state index contributed by atoms with van der Waals surface area (Å²) in [6.45, 7) is 14.6. The molecule has 0 fully saturated rings. The van der Waals surface area contributed by atoms with Gasteiger partial charge in [-0.3, -0.25) is 10.6 Å². The minimum atomic E-state index is -0.0420. The van der Waals surface area contributed by atoms with Crippen LogP contribution >= 0.6 is 0 Å². The van der Waals surface area contributed by atoms with E-state index in [2.05, 4.69) is 51.6 Å². The van der Waals surface area contributed by atoms with Crippen molar-refractivity contribution in [1.29, 1.82) is 0 Å². The molecule has 0 atom stereocenters. The van der Waals surface area contributed by atoms with Gasteiger partial charge in [0.2, 0.25) is 0 Å². The van der Waals surface area contributed by atoms with Crippen LogP contribution in [0.2, 0.25) is 0 Å². The molecule has 0 saturated heterocycles. The van der Waals surface area contributed by atoms with Crippen molar-refractivity contribution in [2.75, 3.05) is 10.9 Å². The van der Waals surface area contributed by atoms with Gasteiger partial charge in [-0.2, -0.15) is 5.17 Å². The van der Waals surface area contributed by atoms with Crippen molar-refractivity contribution in [3.05, 3.63) is 66.4 Å². The van der Waals surface area contributed by atoms with Gasteiger partial charge in [-0.15, -0.1) is 0 Å². The highest BCUT2D eigenvalue weighted by Crippen LogP contribution is 2.30. The van der Waals surface area contributed by atoms with Crippen LogP contribution < -0.4 is 16.3 Å². The molecule has 0 saturated carbocycles. The summed E-state index contributed by atoms with van der Waals surface area (Å²) in [4.78, 5) is 3.15. The zero-order valence-corrected chi connectivity index (χ0v) is 17.5. The van der Waals surface area contributed by atoms with E-state index in [0.717, 1.165) is 27.2 Å². The molecule has 1 heterocycles. The summed E-state index contributed by atoms with van der Waals surface area (Å²) in [5.74, 6) is 0. The Morgan fingerprint density at radius 3 is 2.46 bits per heavy atom. The van der Waals surface area contributed by atoms with Crippen molar-refractivity contribution in [2.45, 2.75) is 46.5 Å². The van der Waals surface area contributed by atoms with Gasteiger partial charge >= 0.3 is 0 Å². The van der Waals surface area contributed by atoms with E-state index in [1.165, 1.54) is 6.42 Å². The van der Waals surface area contributed by atoms with E-state index >= 15 is 0 Å². The van der Waals surface area contributed by atoms with Crippen LogP contribution in [0.25, 0.3) is 16.6 Å². The first-order valence-electron chi connectivity index (χ1n) is 9.59. The number of aromatic nitrogens is 1. The number of nitrogens with two attached hydrogens (primary N) is 1. The van der Waals surface area contributed by atoms with Gasteiger partial charge in [0.1, 0.15) is 5.69 Å². The van der Waals surface area contributed by atoms with Crippen molar-refractivity contribution >= 4 is 28.0 Å². The lowest BCUT2D eigenvalue weighted by Crippen LogP contribution is -2.34. The smallest absolute Gasteiger partial charge is 0.111 e. The Morgan fingerprint density at radius 2 is 1.82 bits per heavy atom. The van der Waals surface area contributed by atoms with Crippen LogP contribution in [0.15, 0.2) is 55.2 Å². The van der Waals surface area contributed by atoms with Crippen LogP contribution in [-0.2, 0) is 5.41 Å². The number of hydrogen-bond acceptors (Lipinski definition) is 4. The Hall–Kier alpha value is -2.92. The maximum absolute atomic E-state index is 10.5. The molecule has 5 nitrogen and oxygen atoms in total. The SMILES string of the molecule is C=C(NN(O)c1cc(C(C)(C)C)ccc1N)c1ccc2[nH]ccc2c1.CCC. The number of nitrogens with zero attached hydrogens (tertiary/aromatic N) is 1. The van der Waals surface area contributed by atoms with Crippen LogP contribution in [0.1, 0.15) is 52.2 Å². The van der Waals surface area contributed by atoms with Crippen molar-refractivity contribution in [3.63, 3.8) is 0 Å². The third kappa shape index (κ3) is 5.08. The molecule has 28 heavy (non-hydrogen) atoms. The lowest BCUT2D eigenvalue weighted by molar-refractivity contribution is 0.233. The first-order chi connectivity index (χ1) is 13.2. The molecule has 5 heteroatoms. The quantitative estimate of drug-likeness (QED) is 0.339. The maximum Gasteiger partial charge on any atom is 0.111 e. The minimum absolute atomic E-state index is 0.0420. The number of anilines is 2. The molecule has 3 rings (SSSR count). The standard InChI is InChI=1S/C20H24N4O.C3H8/c1-13(14-5-8-18-15(11-14)9-10-22-18)23-24(25)19-12-16(20(2,3)4)6-7-17(19)21;1-3-2/h5-12,22-23,25H,1,21H2,2-4H3;3H2,1-2H3. The molecule has 0 aliphatic heterocycles. The van der Waals surface area contributed by atoms with Crippen LogP contribution in [-0.4, -0.2) is 10.2 Å². The van der Waals surface area contributed by atoms with Gasteiger partial charge in [-0.1, -0.05) is 59.8 Å². The van der Waals surface area contributed by atoms with Crippen LogP contribution in [0, 0.1) is 0 Å². The Kier molecular flexibility index (Phi) is 6.75. The lowest BCUT2D eigenvalue weighted by atomic mass is 9.86. The second-order valence-corrected chi connectivity index (χ2v) is 7.91. The molecule has 0 aliphatic rings. The van der Waals surface area contributed by atoms with Gasteiger partial charge in [0.25, 0.3) is 0 Å². The second-order valence-electron chi connectivity index (χ2n) is 7.91. The van der Waals surface area contributed by atoms with E-state index in [1.807, 2.05) is 42.6 Å². The Morgan fingerprint density at radius 1 is 1.14 bits per heavy atom. The number of nitrogens with one attached hydrogen (secondary N) is 2. The lowest BCUT2D eigenvalue weighted by Gasteiger charge is -2.25. The van der Waals surface area contributed by atoms with E-state index in [-0.39, 0.29) is 5.41 Å². The summed E-state index contributed by atoms with van der Waals surface area (Å²) in [5, 5.41) is 12.5. The van der Waals surface area contributed by atoms with Crippen molar-refractivity contribution in [1.82, 2.24) is 10.4 Å². The van der Waals surface area contributed by atoms with Gasteiger partial charge < -0.3 is 10.7 Å². The molecular weight excluding hydrogens is 348 g/mol. The van der Waals surface area contributed by atoms with Gasteiger partial charge in [-0.05, 0) is 46.9 Å². The number of fused-ring (bicyclic) bond motifs is 1. The molecular formula is C23H32N4O. The topological polar surface area (TPSA) is 77.3 Å². The number of nitrogen functional groups attached to an aromatic ring is 1. The summed E-state index contributed by atoms with van der Waals surface area (Å²) in [6.07, 6.45) is 3.14. The van der Waals surface area contributed by atoms with E-state index in [9.17, 15) is 5.21 Å². The molecule has 0 aliphatic carbocycles. The third-order valence-electron chi connectivity index (χ3n) is 4.27. The number of aromatic amines is 1. The maximum atomic E-state index is 10.5. The van der Waals surface area contributed by atoms with E-state index in [0.29, 0.717) is 17.1 Å². The van der Waals surface area contributed by atoms with Gasteiger partial charge in [0.15, 0.2) is 0 Å². The molecule has 0 radical (unpaired) electrons. The largest absolute Gasteiger partial charge is 0.397 e. The molecule has 5 N–H and O–H groups in total. The highest BCUT2D eigenvalue weighted by Gasteiger charge is 2.17. The fourth-order valence-corrected chi connectivity index (χ4v) is 2.69. The molecule has 150 valence electrons. The highest BCUT2D eigenvalue weighted by atomic mass is 16.5. The average molecular weight is 381 g/mol. The van der Waals surface area contributed by atoms with Crippen molar-refractivity contribution in [3.8, 4) is 0 Å². The number of hydrazine groups is 1. The van der Waals surface area contributed by atoms with Gasteiger partial charge in [-0.25, -0.2) is 0 Å². The summed E-state index contributed by atoms with van der Waals surface area (Å²) < 4.78 is 0. The van der Waals surface area contributed by atoms with E-state index in [1.54, 1.807) is 6.07 Å². The number of benzene rings is 2. The Labute approximate surface area is 167 Å². The number of H-pyrrole nitrogens is 1. The Bertz CT molecular complexity index is 937. The van der Waals surface area contributed by atoms with Crippen LogP contribution in [0.3, 0.4) is 0 Å².